The lowest BCUT2D eigenvalue weighted by Gasteiger charge is -2.22. The van der Waals surface area contributed by atoms with E-state index in [9.17, 15) is 5.11 Å². The fraction of sp³-hybridized carbons (Fsp3) is 1.00. The average Bonchev–Trinajstić information content (AvgIpc) is 2.00. The van der Waals surface area contributed by atoms with Gasteiger partial charge in [-0.3, -0.25) is 0 Å². The first kappa shape index (κ1) is 12.9. The number of aliphatic hydroxyl groups excluding tert-OH is 1. The lowest BCUT2D eigenvalue weighted by Crippen LogP contribution is -2.23. The Morgan fingerprint density at radius 1 is 1.31 bits per heavy atom. The summed E-state index contributed by atoms with van der Waals surface area (Å²) < 4.78 is 5.58. The molecule has 0 saturated carbocycles. The molecule has 0 saturated heterocycles. The fourth-order valence-corrected chi connectivity index (χ4v) is 1.15. The summed E-state index contributed by atoms with van der Waals surface area (Å²) in [5.41, 5.74) is -0.0586. The zero-order chi connectivity index (χ0) is 10.5. The Balaban J connectivity index is 3.53. The van der Waals surface area contributed by atoms with Crippen molar-refractivity contribution in [3.05, 3.63) is 0 Å². The van der Waals surface area contributed by atoms with E-state index >= 15 is 0 Å². The number of ether oxygens (including phenoxy) is 1. The van der Waals surface area contributed by atoms with E-state index in [1.807, 2.05) is 27.7 Å². The van der Waals surface area contributed by atoms with E-state index in [0.29, 0.717) is 5.92 Å². The summed E-state index contributed by atoms with van der Waals surface area (Å²) in [6.45, 7) is 11.0. The van der Waals surface area contributed by atoms with Crippen LogP contribution in [0.3, 0.4) is 0 Å². The van der Waals surface area contributed by atoms with Gasteiger partial charge in [0.25, 0.3) is 0 Å². The summed E-state index contributed by atoms with van der Waals surface area (Å²) in [5.74, 6) is 0.340. The molecule has 80 valence electrons. The van der Waals surface area contributed by atoms with Gasteiger partial charge in [0.1, 0.15) is 0 Å². The van der Waals surface area contributed by atoms with Gasteiger partial charge in [0, 0.05) is 6.61 Å². The largest absolute Gasteiger partial charge is 0.393 e. The molecule has 0 spiro atoms. The molecule has 0 radical (unpaired) electrons. The molecule has 2 nitrogen and oxygen atoms in total. The van der Waals surface area contributed by atoms with Crippen molar-refractivity contribution in [2.75, 3.05) is 6.61 Å². The molecule has 0 aromatic heterocycles. The maximum Gasteiger partial charge on any atom is 0.0598 e. The maximum absolute atomic E-state index is 9.50. The Labute approximate surface area is 82.3 Å². The molecule has 0 heterocycles. The summed E-state index contributed by atoms with van der Waals surface area (Å²) in [7, 11) is 0. The van der Waals surface area contributed by atoms with E-state index in [4.69, 9.17) is 4.74 Å². The molecule has 13 heavy (non-hydrogen) atoms. The second-order valence-corrected chi connectivity index (χ2v) is 4.70. The van der Waals surface area contributed by atoms with Crippen molar-refractivity contribution >= 4 is 0 Å². The highest BCUT2D eigenvalue weighted by Gasteiger charge is 2.14. The van der Waals surface area contributed by atoms with Gasteiger partial charge in [-0.2, -0.15) is 0 Å². The molecule has 1 N–H and O–H groups in total. The van der Waals surface area contributed by atoms with E-state index in [0.717, 1.165) is 19.4 Å². The summed E-state index contributed by atoms with van der Waals surface area (Å²) >= 11 is 0. The monoisotopic (exact) mass is 188 g/mol. The quantitative estimate of drug-likeness (QED) is 0.718. The molecular weight excluding hydrogens is 164 g/mol. The Hall–Kier alpha value is -0.0800. The zero-order valence-corrected chi connectivity index (χ0v) is 9.63. The minimum atomic E-state index is -0.177. The van der Waals surface area contributed by atoms with E-state index in [1.54, 1.807) is 0 Å². The van der Waals surface area contributed by atoms with Crippen molar-refractivity contribution in [3.8, 4) is 0 Å². The molecule has 0 aromatic rings. The highest BCUT2D eigenvalue weighted by atomic mass is 16.5. The van der Waals surface area contributed by atoms with Crippen LogP contribution in [0.2, 0.25) is 0 Å². The Bertz CT molecular complexity index is 127. The van der Waals surface area contributed by atoms with Crippen molar-refractivity contribution < 1.29 is 9.84 Å². The molecule has 0 aliphatic rings. The minimum Gasteiger partial charge on any atom is -0.393 e. The van der Waals surface area contributed by atoms with Gasteiger partial charge in [-0.1, -0.05) is 13.8 Å². The van der Waals surface area contributed by atoms with Gasteiger partial charge in [0.2, 0.25) is 0 Å². The first-order valence-electron chi connectivity index (χ1n) is 5.19. The molecule has 0 aromatic carbocycles. The van der Waals surface area contributed by atoms with Crippen LogP contribution in [0.15, 0.2) is 0 Å². The number of aliphatic hydroxyl groups is 1. The first-order valence-corrected chi connectivity index (χ1v) is 5.19. The highest BCUT2D eigenvalue weighted by Crippen LogP contribution is 2.14. The van der Waals surface area contributed by atoms with Crippen LogP contribution >= 0.6 is 0 Å². The van der Waals surface area contributed by atoms with E-state index in [1.165, 1.54) is 0 Å². The highest BCUT2D eigenvalue weighted by molar-refractivity contribution is 4.64. The lowest BCUT2D eigenvalue weighted by atomic mass is 9.99. The molecule has 2 atom stereocenters. The van der Waals surface area contributed by atoms with Crippen molar-refractivity contribution in [2.45, 2.75) is 59.2 Å². The molecule has 0 bridgehead atoms. The molecule has 0 aliphatic carbocycles. The number of hydrogen-bond donors (Lipinski definition) is 1. The molecule has 0 aliphatic heterocycles. The average molecular weight is 188 g/mol. The van der Waals surface area contributed by atoms with Gasteiger partial charge >= 0.3 is 0 Å². The third-order valence-electron chi connectivity index (χ3n) is 2.18. The summed E-state index contributed by atoms with van der Waals surface area (Å²) in [5, 5.41) is 9.50. The SMILES string of the molecule is CCC(O)C(C)CCOC(C)(C)C. The normalized spacial score (nSPS) is 17.1. The fourth-order valence-electron chi connectivity index (χ4n) is 1.15. The van der Waals surface area contributed by atoms with Crippen molar-refractivity contribution in [3.63, 3.8) is 0 Å². The van der Waals surface area contributed by atoms with E-state index < -0.39 is 0 Å². The van der Waals surface area contributed by atoms with Crippen LogP contribution in [0.25, 0.3) is 0 Å². The van der Waals surface area contributed by atoms with Crippen molar-refractivity contribution in [1.82, 2.24) is 0 Å². The van der Waals surface area contributed by atoms with Crippen LogP contribution in [-0.2, 0) is 4.74 Å². The van der Waals surface area contributed by atoms with Gasteiger partial charge in [0.15, 0.2) is 0 Å². The van der Waals surface area contributed by atoms with E-state index in [2.05, 4.69) is 6.92 Å². The molecule has 2 unspecified atom stereocenters. The van der Waals surface area contributed by atoms with Crippen molar-refractivity contribution in [2.24, 2.45) is 5.92 Å². The van der Waals surface area contributed by atoms with Crippen LogP contribution in [0.5, 0.6) is 0 Å². The van der Waals surface area contributed by atoms with Crippen LogP contribution in [0.1, 0.15) is 47.5 Å². The number of hydrogen-bond acceptors (Lipinski definition) is 2. The Morgan fingerprint density at radius 3 is 2.23 bits per heavy atom. The zero-order valence-electron chi connectivity index (χ0n) is 9.63. The second-order valence-electron chi connectivity index (χ2n) is 4.70. The topological polar surface area (TPSA) is 29.5 Å². The van der Waals surface area contributed by atoms with Gasteiger partial charge in [-0.15, -0.1) is 0 Å². The second kappa shape index (κ2) is 5.61. The summed E-state index contributed by atoms with van der Waals surface area (Å²) in [6, 6.07) is 0. The Kier molecular flexibility index (Phi) is 5.57. The summed E-state index contributed by atoms with van der Waals surface area (Å²) in [6.07, 6.45) is 1.59. The van der Waals surface area contributed by atoms with Crippen LogP contribution in [0.4, 0.5) is 0 Å². The van der Waals surface area contributed by atoms with Gasteiger partial charge < -0.3 is 9.84 Å². The van der Waals surface area contributed by atoms with Crippen molar-refractivity contribution in [1.29, 1.82) is 0 Å². The smallest absolute Gasteiger partial charge is 0.0598 e. The minimum absolute atomic E-state index is 0.0586. The number of rotatable bonds is 5. The van der Waals surface area contributed by atoms with Gasteiger partial charge in [0.05, 0.1) is 11.7 Å². The lowest BCUT2D eigenvalue weighted by molar-refractivity contribution is -0.0174. The van der Waals surface area contributed by atoms with E-state index in [-0.39, 0.29) is 11.7 Å². The van der Waals surface area contributed by atoms with Crippen LogP contribution in [0, 0.1) is 5.92 Å². The van der Waals surface area contributed by atoms with Gasteiger partial charge in [-0.05, 0) is 39.5 Å². The molecular formula is C11H24O2. The summed E-state index contributed by atoms with van der Waals surface area (Å²) in [4.78, 5) is 0. The molecule has 2 heteroatoms. The molecule has 0 rings (SSSR count). The van der Waals surface area contributed by atoms with Crippen LogP contribution < -0.4 is 0 Å². The Morgan fingerprint density at radius 2 is 1.85 bits per heavy atom. The predicted octanol–water partition coefficient (Wildman–Crippen LogP) is 2.60. The third-order valence-corrected chi connectivity index (χ3v) is 2.18. The maximum atomic E-state index is 9.50. The third kappa shape index (κ3) is 7.03. The first-order chi connectivity index (χ1) is 5.87. The molecule has 0 fully saturated rings. The van der Waals surface area contributed by atoms with Crippen LogP contribution in [-0.4, -0.2) is 23.4 Å². The predicted molar refractivity (Wildman–Crippen MR) is 55.8 cm³/mol. The molecule has 0 amide bonds. The standard InChI is InChI=1S/C11H24O2/c1-6-10(12)9(2)7-8-13-11(3,4)5/h9-10,12H,6-8H2,1-5H3. The van der Waals surface area contributed by atoms with Gasteiger partial charge in [-0.25, -0.2) is 0 Å².